The average molecular weight is 389 g/mol. The van der Waals surface area contributed by atoms with Crippen molar-refractivity contribution in [2.75, 3.05) is 6.54 Å². The van der Waals surface area contributed by atoms with Gasteiger partial charge in [-0.3, -0.25) is 9.20 Å². The molecule has 0 bridgehead atoms. The van der Waals surface area contributed by atoms with Gasteiger partial charge in [-0.05, 0) is 36.9 Å². The number of rotatable bonds is 6. The van der Waals surface area contributed by atoms with Crippen LogP contribution in [0, 0.1) is 0 Å². The van der Waals surface area contributed by atoms with Crippen LogP contribution in [-0.4, -0.2) is 32.3 Å². The third-order valence-electron chi connectivity index (χ3n) is 3.81. The van der Waals surface area contributed by atoms with E-state index in [0.717, 1.165) is 22.1 Å². The van der Waals surface area contributed by atoms with E-state index >= 15 is 0 Å². The molecular formula is C17H16N4OS3. The quantitative estimate of drug-likeness (QED) is 0.510. The monoisotopic (exact) mass is 388 g/mol. The van der Waals surface area contributed by atoms with Crippen molar-refractivity contribution in [1.29, 1.82) is 0 Å². The molecule has 4 aromatic rings. The van der Waals surface area contributed by atoms with Crippen LogP contribution >= 0.6 is 34.4 Å². The fraction of sp³-hybridized carbons (Fsp3) is 0.235. The van der Waals surface area contributed by atoms with Crippen molar-refractivity contribution in [1.82, 2.24) is 19.9 Å². The molecule has 5 nitrogen and oxygen atoms in total. The van der Waals surface area contributed by atoms with Gasteiger partial charge in [0.15, 0.2) is 5.16 Å². The highest BCUT2D eigenvalue weighted by Crippen LogP contribution is 2.31. The summed E-state index contributed by atoms with van der Waals surface area (Å²) in [6.07, 6.45) is 0.866. The van der Waals surface area contributed by atoms with E-state index in [0.29, 0.717) is 6.54 Å². The van der Waals surface area contributed by atoms with Crippen molar-refractivity contribution in [3.63, 3.8) is 0 Å². The maximum atomic E-state index is 12.4. The molecule has 0 saturated heterocycles. The molecule has 0 aliphatic carbocycles. The summed E-state index contributed by atoms with van der Waals surface area (Å²) in [4.78, 5) is 14.5. The number of thioether (sulfide) groups is 1. The van der Waals surface area contributed by atoms with Crippen molar-refractivity contribution in [2.24, 2.45) is 0 Å². The molecule has 0 radical (unpaired) electrons. The van der Waals surface area contributed by atoms with E-state index in [1.807, 2.05) is 29.5 Å². The number of hydrogen-bond donors (Lipinski definition) is 1. The van der Waals surface area contributed by atoms with Crippen LogP contribution in [0.2, 0.25) is 0 Å². The third kappa shape index (κ3) is 3.42. The SMILES string of the molecule is CC(Sc1nnc2sc3ccccc3n12)C(=O)NCCc1cccs1. The van der Waals surface area contributed by atoms with Gasteiger partial charge in [0.1, 0.15) is 0 Å². The second kappa shape index (κ2) is 7.15. The number of aromatic nitrogens is 3. The Balaban J connectivity index is 1.44. The fourth-order valence-electron chi connectivity index (χ4n) is 2.55. The summed E-state index contributed by atoms with van der Waals surface area (Å²) in [5.74, 6) is 0.0258. The topological polar surface area (TPSA) is 59.3 Å². The highest BCUT2D eigenvalue weighted by atomic mass is 32.2. The maximum Gasteiger partial charge on any atom is 0.233 e. The van der Waals surface area contributed by atoms with E-state index in [9.17, 15) is 4.79 Å². The van der Waals surface area contributed by atoms with E-state index in [-0.39, 0.29) is 11.2 Å². The Kier molecular flexibility index (Phi) is 4.74. The largest absolute Gasteiger partial charge is 0.355 e. The summed E-state index contributed by atoms with van der Waals surface area (Å²) >= 11 is 4.76. The molecule has 1 amide bonds. The lowest BCUT2D eigenvalue weighted by atomic mass is 10.3. The van der Waals surface area contributed by atoms with Gasteiger partial charge in [0.25, 0.3) is 0 Å². The van der Waals surface area contributed by atoms with Crippen molar-refractivity contribution in [3.8, 4) is 0 Å². The molecule has 0 aliphatic heterocycles. The van der Waals surface area contributed by atoms with E-state index in [1.54, 1.807) is 22.7 Å². The van der Waals surface area contributed by atoms with Gasteiger partial charge < -0.3 is 5.32 Å². The number of nitrogens with one attached hydrogen (secondary N) is 1. The van der Waals surface area contributed by atoms with Crippen molar-refractivity contribution < 1.29 is 4.79 Å². The van der Waals surface area contributed by atoms with Crippen molar-refractivity contribution >= 4 is 55.5 Å². The molecule has 0 spiro atoms. The van der Waals surface area contributed by atoms with Gasteiger partial charge in [-0.1, -0.05) is 41.3 Å². The van der Waals surface area contributed by atoms with Crippen LogP contribution in [0.3, 0.4) is 0 Å². The second-order valence-electron chi connectivity index (χ2n) is 5.55. The smallest absolute Gasteiger partial charge is 0.233 e. The first kappa shape index (κ1) is 16.6. The number of fused-ring (bicyclic) bond motifs is 3. The van der Waals surface area contributed by atoms with E-state index < -0.39 is 0 Å². The number of benzene rings is 1. The summed E-state index contributed by atoms with van der Waals surface area (Å²) in [6.45, 7) is 2.56. The van der Waals surface area contributed by atoms with Crippen molar-refractivity contribution in [2.45, 2.75) is 23.8 Å². The molecule has 1 unspecified atom stereocenters. The predicted octanol–water partition coefficient (Wildman–Crippen LogP) is 3.85. The Morgan fingerprint density at radius 3 is 3.00 bits per heavy atom. The Bertz CT molecular complexity index is 1010. The highest BCUT2D eigenvalue weighted by Gasteiger charge is 2.19. The van der Waals surface area contributed by atoms with E-state index in [1.165, 1.54) is 21.3 Å². The average Bonchev–Trinajstić information content (AvgIpc) is 3.32. The summed E-state index contributed by atoms with van der Waals surface area (Å²) in [5, 5.41) is 14.1. The molecule has 128 valence electrons. The maximum absolute atomic E-state index is 12.4. The van der Waals surface area contributed by atoms with Crippen LogP contribution in [0.4, 0.5) is 0 Å². The molecule has 0 fully saturated rings. The minimum absolute atomic E-state index is 0.0258. The predicted molar refractivity (Wildman–Crippen MR) is 105 cm³/mol. The van der Waals surface area contributed by atoms with Crippen molar-refractivity contribution in [3.05, 3.63) is 46.7 Å². The lowest BCUT2D eigenvalue weighted by Crippen LogP contribution is -2.32. The number of carbonyl (C=O) groups excluding carboxylic acids is 1. The zero-order chi connectivity index (χ0) is 17.2. The van der Waals surface area contributed by atoms with Crippen LogP contribution < -0.4 is 5.32 Å². The first-order valence-electron chi connectivity index (χ1n) is 7.92. The molecular weight excluding hydrogens is 372 g/mol. The number of carbonyl (C=O) groups is 1. The van der Waals surface area contributed by atoms with Gasteiger partial charge in [-0.25, -0.2) is 0 Å². The van der Waals surface area contributed by atoms with Gasteiger partial charge >= 0.3 is 0 Å². The summed E-state index contributed by atoms with van der Waals surface area (Å²) < 4.78 is 3.20. The number of thiazole rings is 1. The Labute approximate surface area is 157 Å². The Morgan fingerprint density at radius 1 is 1.28 bits per heavy atom. The first-order valence-corrected chi connectivity index (χ1v) is 10.5. The lowest BCUT2D eigenvalue weighted by molar-refractivity contribution is -0.120. The Hall–Kier alpha value is -1.90. The van der Waals surface area contributed by atoms with Gasteiger partial charge in [-0.15, -0.1) is 21.5 Å². The van der Waals surface area contributed by atoms with Crippen LogP contribution in [-0.2, 0) is 11.2 Å². The standard InChI is InChI=1S/C17H16N4OS3/c1-11(15(22)18-9-8-12-5-4-10-23-12)24-16-19-20-17-21(16)13-6-2-3-7-14(13)25-17/h2-7,10-11H,8-9H2,1H3,(H,18,22). The fourth-order valence-corrected chi connectivity index (χ4v) is 5.17. The van der Waals surface area contributed by atoms with Crippen LogP contribution in [0.25, 0.3) is 15.2 Å². The molecule has 1 N–H and O–H groups in total. The molecule has 0 saturated carbocycles. The van der Waals surface area contributed by atoms with E-state index in [2.05, 4.69) is 39.1 Å². The van der Waals surface area contributed by atoms with Crippen LogP contribution in [0.15, 0.2) is 46.9 Å². The summed E-state index contributed by atoms with van der Waals surface area (Å²) in [7, 11) is 0. The number of hydrogen-bond acceptors (Lipinski definition) is 6. The molecule has 25 heavy (non-hydrogen) atoms. The highest BCUT2D eigenvalue weighted by molar-refractivity contribution is 8.00. The number of para-hydroxylation sites is 1. The lowest BCUT2D eigenvalue weighted by Gasteiger charge is -2.10. The summed E-state index contributed by atoms with van der Waals surface area (Å²) in [5.41, 5.74) is 1.08. The van der Waals surface area contributed by atoms with Crippen LogP contribution in [0.5, 0.6) is 0 Å². The van der Waals surface area contributed by atoms with Crippen LogP contribution in [0.1, 0.15) is 11.8 Å². The molecule has 3 heterocycles. The molecule has 0 aliphatic rings. The molecule has 1 atom stereocenters. The number of nitrogens with zero attached hydrogens (tertiary/aromatic N) is 3. The van der Waals surface area contributed by atoms with Gasteiger partial charge in [0.2, 0.25) is 10.9 Å². The molecule has 8 heteroatoms. The first-order chi connectivity index (χ1) is 12.2. The normalized spacial score (nSPS) is 12.7. The summed E-state index contributed by atoms with van der Waals surface area (Å²) in [6, 6.07) is 12.3. The second-order valence-corrected chi connectivity index (χ2v) is 8.90. The minimum Gasteiger partial charge on any atom is -0.355 e. The van der Waals surface area contributed by atoms with Gasteiger partial charge in [-0.2, -0.15) is 0 Å². The zero-order valence-corrected chi connectivity index (χ0v) is 16.0. The van der Waals surface area contributed by atoms with Gasteiger partial charge in [0.05, 0.1) is 15.5 Å². The number of amides is 1. The third-order valence-corrected chi connectivity index (χ3v) is 6.80. The van der Waals surface area contributed by atoms with E-state index in [4.69, 9.17) is 0 Å². The molecule has 1 aromatic carbocycles. The molecule has 4 rings (SSSR count). The zero-order valence-electron chi connectivity index (χ0n) is 13.5. The minimum atomic E-state index is -0.227. The Morgan fingerprint density at radius 2 is 2.16 bits per heavy atom. The number of thiophene rings is 1. The van der Waals surface area contributed by atoms with Gasteiger partial charge in [0, 0.05) is 11.4 Å². The molecule has 3 aromatic heterocycles.